The van der Waals surface area contributed by atoms with Crippen molar-refractivity contribution in [3.8, 4) is 0 Å². The molecule has 0 saturated carbocycles. The molecule has 1 aliphatic rings. The molecule has 184 valence electrons. The predicted molar refractivity (Wildman–Crippen MR) is 133 cm³/mol. The Morgan fingerprint density at radius 3 is 2.71 bits per heavy atom. The average molecular weight is 533 g/mol. The number of nitrogens with one attached hydrogen (secondary N) is 2. The fourth-order valence-electron chi connectivity index (χ4n) is 3.73. The first-order valence-corrected chi connectivity index (χ1v) is 14.2. The van der Waals surface area contributed by atoms with Gasteiger partial charge >= 0.3 is 0 Å². The average Bonchev–Trinajstić information content (AvgIpc) is 3.54. The number of pyridine rings is 1. The molecule has 0 bridgehead atoms. The van der Waals surface area contributed by atoms with Crippen LogP contribution in [0.1, 0.15) is 28.1 Å². The summed E-state index contributed by atoms with van der Waals surface area (Å²) < 4.78 is 26.9. The van der Waals surface area contributed by atoms with Gasteiger partial charge in [-0.15, -0.1) is 11.3 Å². The topological polar surface area (TPSA) is 126 Å². The van der Waals surface area contributed by atoms with Crippen LogP contribution < -0.4 is 10.6 Å². The van der Waals surface area contributed by atoms with Crippen LogP contribution in [0, 0.1) is 0 Å². The normalized spacial score (nSPS) is 17.9. The third kappa shape index (κ3) is 6.20. The van der Waals surface area contributed by atoms with Crippen LogP contribution in [0.15, 0.2) is 63.8 Å². The lowest BCUT2D eigenvalue weighted by molar-refractivity contribution is -0.128. The van der Waals surface area contributed by atoms with E-state index in [1.165, 1.54) is 34.9 Å². The number of aromatic nitrogens is 1. The smallest absolute Gasteiger partial charge is 0.260 e. The highest BCUT2D eigenvalue weighted by Crippen LogP contribution is 2.18. The Morgan fingerprint density at radius 1 is 1.17 bits per heavy atom. The highest BCUT2D eigenvalue weighted by Gasteiger charge is 2.34. The number of hydrogen-bond acceptors (Lipinski definition) is 8. The number of amides is 2. The van der Waals surface area contributed by atoms with Gasteiger partial charge in [0.2, 0.25) is 5.91 Å². The lowest BCUT2D eigenvalue weighted by Crippen LogP contribution is -2.53. The second kappa shape index (κ2) is 11.2. The zero-order valence-electron chi connectivity index (χ0n) is 18.6. The number of carbonyl (C=O) groups is 3. The first-order chi connectivity index (χ1) is 16.8. The predicted octanol–water partition coefficient (Wildman–Crippen LogP) is 2.08. The summed E-state index contributed by atoms with van der Waals surface area (Å²) in [5.41, 5.74) is 0.458. The molecule has 3 aromatic heterocycles. The van der Waals surface area contributed by atoms with Crippen molar-refractivity contribution in [2.75, 3.05) is 13.1 Å². The van der Waals surface area contributed by atoms with Crippen LogP contribution >= 0.6 is 22.7 Å². The molecular weight excluding hydrogens is 508 g/mol. The lowest BCUT2D eigenvalue weighted by atomic mass is 10.1. The Bertz CT molecular complexity index is 1260. The van der Waals surface area contributed by atoms with E-state index in [9.17, 15) is 22.8 Å². The molecule has 1 saturated heterocycles. The molecule has 35 heavy (non-hydrogen) atoms. The van der Waals surface area contributed by atoms with Crippen molar-refractivity contribution in [2.45, 2.75) is 36.4 Å². The number of thiophene rings is 2. The first kappa shape index (κ1) is 25.2. The Hall–Kier alpha value is -2.93. The third-order valence-electron chi connectivity index (χ3n) is 5.57. The third-order valence-corrected chi connectivity index (χ3v) is 8.91. The molecular formula is C23H24N4O5S3. The summed E-state index contributed by atoms with van der Waals surface area (Å²) in [7, 11) is -3.93. The monoisotopic (exact) mass is 532 g/mol. The van der Waals surface area contributed by atoms with Crippen molar-refractivity contribution >= 4 is 50.3 Å². The molecule has 12 heteroatoms. The summed E-state index contributed by atoms with van der Waals surface area (Å²) in [5, 5.41) is 10.8. The Labute approximate surface area is 211 Å². The maximum absolute atomic E-state index is 13.2. The van der Waals surface area contributed by atoms with Gasteiger partial charge in [-0.25, -0.2) is 13.4 Å². The quantitative estimate of drug-likeness (QED) is 0.458. The molecule has 0 radical (unpaired) electrons. The minimum absolute atomic E-state index is 0.123. The van der Waals surface area contributed by atoms with E-state index < -0.39 is 33.8 Å². The molecule has 9 nitrogen and oxygen atoms in total. The van der Waals surface area contributed by atoms with E-state index in [1.807, 2.05) is 17.5 Å². The number of nitrogens with zero attached hydrogens (tertiary/aromatic N) is 2. The van der Waals surface area contributed by atoms with Gasteiger partial charge in [-0.05, 0) is 47.9 Å². The summed E-state index contributed by atoms with van der Waals surface area (Å²) >= 11 is 2.85. The van der Waals surface area contributed by atoms with E-state index in [0.717, 1.165) is 9.18 Å². The van der Waals surface area contributed by atoms with Gasteiger partial charge in [-0.3, -0.25) is 14.4 Å². The minimum Gasteiger partial charge on any atom is -0.344 e. The molecule has 2 N–H and O–H groups in total. The number of ketones is 1. The van der Waals surface area contributed by atoms with Crippen molar-refractivity contribution in [2.24, 2.45) is 0 Å². The van der Waals surface area contributed by atoms with E-state index in [0.29, 0.717) is 18.4 Å². The molecule has 0 aromatic carbocycles. The maximum atomic E-state index is 13.2. The lowest BCUT2D eigenvalue weighted by Gasteiger charge is -2.22. The van der Waals surface area contributed by atoms with Crippen molar-refractivity contribution in [1.29, 1.82) is 0 Å². The summed E-state index contributed by atoms with van der Waals surface area (Å²) in [5.74, 6) is -1.27. The van der Waals surface area contributed by atoms with Crippen molar-refractivity contribution in [3.63, 3.8) is 0 Å². The van der Waals surface area contributed by atoms with Crippen LogP contribution in [0.3, 0.4) is 0 Å². The van der Waals surface area contributed by atoms with Crippen LogP contribution in [0.2, 0.25) is 0 Å². The van der Waals surface area contributed by atoms with Gasteiger partial charge in [0, 0.05) is 29.4 Å². The van der Waals surface area contributed by atoms with E-state index in [2.05, 4.69) is 15.6 Å². The maximum Gasteiger partial charge on any atom is 0.260 e. The summed E-state index contributed by atoms with van der Waals surface area (Å²) in [6.45, 7) is -0.217. The van der Waals surface area contributed by atoms with Gasteiger partial charge in [-0.2, -0.15) is 15.6 Å². The van der Waals surface area contributed by atoms with Crippen molar-refractivity contribution in [3.05, 3.63) is 69.2 Å². The highest BCUT2D eigenvalue weighted by atomic mass is 32.2. The van der Waals surface area contributed by atoms with E-state index in [4.69, 9.17) is 0 Å². The molecule has 4 heterocycles. The van der Waals surface area contributed by atoms with Crippen LogP contribution in [0.5, 0.6) is 0 Å². The number of sulfonamides is 1. The summed E-state index contributed by atoms with van der Waals surface area (Å²) in [6, 6.07) is 8.24. The zero-order chi connectivity index (χ0) is 24.8. The summed E-state index contributed by atoms with van der Waals surface area (Å²) in [6.07, 6.45) is 2.34. The van der Waals surface area contributed by atoms with Gasteiger partial charge in [-0.1, -0.05) is 12.1 Å². The highest BCUT2D eigenvalue weighted by molar-refractivity contribution is 7.89. The summed E-state index contributed by atoms with van der Waals surface area (Å²) in [4.78, 5) is 43.6. The molecule has 1 fully saturated rings. The van der Waals surface area contributed by atoms with Crippen LogP contribution in [0.4, 0.5) is 0 Å². The number of Topliss-reactive ketones (excluding diaryl/α,β-unsaturated/α-hetero) is 1. The Morgan fingerprint density at radius 2 is 2.03 bits per heavy atom. The fourth-order valence-corrected chi connectivity index (χ4v) is 6.50. The van der Waals surface area contributed by atoms with Gasteiger partial charge in [0.15, 0.2) is 10.8 Å². The zero-order valence-corrected chi connectivity index (χ0v) is 21.1. The standard InChI is InChI=1S/C23H24N4O5S3/c28-20-14-27(35(31,32)21-7-1-2-9-24-21)10-3-6-18(20)25-23(30)19(13-17-5-4-11-34-17)26-22(29)16-8-12-33-15-16/h1-2,4-5,7-9,11-12,15,18-19H,3,6,10,13-14H2,(H,25,30)(H,26,29)/t18?,19-/m0/s1. The second-order valence-electron chi connectivity index (χ2n) is 8.00. The molecule has 0 aliphatic carbocycles. The van der Waals surface area contributed by atoms with Crippen molar-refractivity contribution < 1.29 is 22.8 Å². The van der Waals surface area contributed by atoms with Gasteiger partial charge < -0.3 is 10.6 Å². The fraction of sp³-hybridized carbons (Fsp3) is 0.304. The minimum atomic E-state index is -3.93. The Kier molecular flexibility index (Phi) is 8.06. The number of carbonyl (C=O) groups excluding carboxylic acids is 3. The molecule has 0 spiro atoms. The van der Waals surface area contributed by atoms with E-state index in [-0.39, 0.29) is 30.4 Å². The van der Waals surface area contributed by atoms with Crippen LogP contribution in [-0.4, -0.2) is 60.5 Å². The molecule has 2 atom stereocenters. The molecule has 1 unspecified atom stereocenters. The van der Waals surface area contributed by atoms with Crippen LogP contribution in [-0.2, 0) is 26.0 Å². The SMILES string of the molecule is O=C(N[C@@H](Cc1cccs1)C(=O)NC1CCCN(S(=O)(=O)c2ccccn2)CC1=O)c1ccsc1. The van der Waals surface area contributed by atoms with E-state index >= 15 is 0 Å². The largest absolute Gasteiger partial charge is 0.344 e. The Balaban J connectivity index is 1.45. The van der Waals surface area contributed by atoms with Gasteiger partial charge in [0.1, 0.15) is 6.04 Å². The molecule has 1 aliphatic heterocycles. The van der Waals surface area contributed by atoms with E-state index in [1.54, 1.807) is 29.0 Å². The molecule has 3 aromatic rings. The van der Waals surface area contributed by atoms with Gasteiger partial charge in [0.05, 0.1) is 18.2 Å². The number of hydrogen-bond donors (Lipinski definition) is 2. The molecule has 4 rings (SSSR count). The van der Waals surface area contributed by atoms with Crippen LogP contribution in [0.25, 0.3) is 0 Å². The van der Waals surface area contributed by atoms with Crippen molar-refractivity contribution in [1.82, 2.24) is 19.9 Å². The molecule has 2 amide bonds. The second-order valence-corrected chi connectivity index (χ2v) is 11.7. The number of rotatable bonds is 8. The first-order valence-electron chi connectivity index (χ1n) is 10.9. The van der Waals surface area contributed by atoms with Gasteiger partial charge in [0.25, 0.3) is 15.9 Å².